The monoisotopic (exact) mass is 208 g/mol. The van der Waals surface area contributed by atoms with Crippen LogP contribution in [0.4, 0.5) is 0 Å². The van der Waals surface area contributed by atoms with E-state index in [1.54, 1.807) is 6.07 Å². The average Bonchev–Trinajstić information content (AvgIpc) is 2.59. The third-order valence-corrected chi connectivity index (χ3v) is 2.34. The van der Waals surface area contributed by atoms with Gasteiger partial charge in [-0.1, -0.05) is 6.07 Å². The number of benzene rings is 1. The zero-order valence-corrected chi connectivity index (χ0v) is 8.12. The van der Waals surface area contributed by atoms with Gasteiger partial charge < -0.3 is 9.52 Å². The summed E-state index contributed by atoms with van der Waals surface area (Å²) in [4.78, 5) is 10.6. The summed E-state index contributed by atoms with van der Waals surface area (Å²) >= 11 is 4.14. The van der Waals surface area contributed by atoms with Crippen molar-refractivity contribution in [2.24, 2.45) is 0 Å². The minimum atomic E-state index is -1.05. The van der Waals surface area contributed by atoms with Gasteiger partial charge in [0.15, 0.2) is 0 Å². The lowest BCUT2D eigenvalue weighted by Gasteiger charge is -1.93. The van der Waals surface area contributed by atoms with Crippen LogP contribution in [-0.2, 0) is 5.75 Å². The van der Waals surface area contributed by atoms with Crippen LogP contribution < -0.4 is 0 Å². The van der Waals surface area contributed by atoms with Crippen molar-refractivity contribution in [1.82, 2.24) is 0 Å². The first kappa shape index (κ1) is 9.15. The summed E-state index contributed by atoms with van der Waals surface area (Å²) in [7, 11) is 0. The van der Waals surface area contributed by atoms with E-state index in [1.165, 1.54) is 6.07 Å². The van der Waals surface area contributed by atoms with Gasteiger partial charge in [0.2, 0.25) is 5.76 Å². The summed E-state index contributed by atoms with van der Waals surface area (Å²) in [5, 5.41) is 9.50. The summed E-state index contributed by atoms with van der Waals surface area (Å²) in [6.07, 6.45) is 0. The lowest BCUT2D eigenvalue weighted by atomic mass is 10.2. The maximum Gasteiger partial charge on any atom is 0.371 e. The Morgan fingerprint density at radius 3 is 2.86 bits per heavy atom. The summed E-state index contributed by atoms with van der Waals surface area (Å²) in [6, 6.07) is 7.01. The maximum atomic E-state index is 10.6. The number of fused-ring (bicyclic) bond motifs is 1. The fourth-order valence-electron chi connectivity index (χ4n) is 1.30. The van der Waals surface area contributed by atoms with E-state index in [0.717, 1.165) is 10.9 Å². The number of furan rings is 1. The molecule has 1 aromatic carbocycles. The normalized spacial score (nSPS) is 10.6. The fraction of sp³-hybridized carbons (Fsp3) is 0.100. The number of carboxylic acids is 1. The third-order valence-electron chi connectivity index (χ3n) is 1.97. The largest absolute Gasteiger partial charge is 0.475 e. The van der Waals surface area contributed by atoms with Crippen LogP contribution in [0.3, 0.4) is 0 Å². The maximum absolute atomic E-state index is 10.6. The van der Waals surface area contributed by atoms with Gasteiger partial charge in [-0.25, -0.2) is 4.79 Å². The number of hydrogen-bond acceptors (Lipinski definition) is 3. The van der Waals surface area contributed by atoms with Crippen LogP contribution in [0.2, 0.25) is 0 Å². The van der Waals surface area contributed by atoms with Gasteiger partial charge in [-0.05, 0) is 23.8 Å². The molecule has 0 fully saturated rings. The second-order valence-electron chi connectivity index (χ2n) is 2.95. The van der Waals surface area contributed by atoms with Gasteiger partial charge in [-0.2, -0.15) is 12.6 Å². The molecule has 0 radical (unpaired) electrons. The second kappa shape index (κ2) is 3.38. The molecule has 4 heteroatoms. The van der Waals surface area contributed by atoms with Crippen LogP contribution in [0.1, 0.15) is 16.1 Å². The van der Waals surface area contributed by atoms with E-state index in [9.17, 15) is 4.79 Å². The Bertz CT molecular complexity index is 487. The Labute approximate surface area is 85.7 Å². The SMILES string of the molecule is O=C(O)c1cc2cc(CS)ccc2o1. The Balaban J connectivity index is 2.60. The highest BCUT2D eigenvalue weighted by Gasteiger charge is 2.09. The van der Waals surface area contributed by atoms with Crippen molar-refractivity contribution in [3.63, 3.8) is 0 Å². The van der Waals surface area contributed by atoms with Gasteiger partial charge in [0.05, 0.1) is 0 Å². The van der Waals surface area contributed by atoms with Crippen molar-refractivity contribution in [3.05, 3.63) is 35.6 Å². The summed E-state index contributed by atoms with van der Waals surface area (Å²) in [6.45, 7) is 0. The Kier molecular flexibility index (Phi) is 2.21. The molecule has 1 heterocycles. The molecule has 0 unspecified atom stereocenters. The highest BCUT2D eigenvalue weighted by atomic mass is 32.1. The van der Waals surface area contributed by atoms with Crippen molar-refractivity contribution >= 4 is 29.6 Å². The molecule has 1 N–H and O–H groups in total. The summed E-state index contributed by atoms with van der Waals surface area (Å²) in [5.74, 6) is -0.450. The number of carbonyl (C=O) groups is 1. The van der Waals surface area contributed by atoms with Gasteiger partial charge in [-0.15, -0.1) is 0 Å². The molecule has 2 rings (SSSR count). The number of aromatic carboxylic acids is 1. The van der Waals surface area contributed by atoms with E-state index >= 15 is 0 Å². The van der Waals surface area contributed by atoms with Gasteiger partial charge >= 0.3 is 5.97 Å². The highest BCUT2D eigenvalue weighted by Crippen LogP contribution is 2.21. The summed E-state index contributed by atoms with van der Waals surface area (Å²) < 4.78 is 5.10. The molecular formula is C10H8O3S. The second-order valence-corrected chi connectivity index (χ2v) is 3.26. The van der Waals surface area contributed by atoms with Crippen LogP contribution in [0, 0.1) is 0 Å². The third kappa shape index (κ3) is 1.48. The first-order valence-corrected chi connectivity index (χ1v) is 4.70. The lowest BCUT2D eigenvalue weighted by Crippen LogP contribution is -1.91. The highest BCUT2D eigenvalue weighted by molar-refractivity contribution is 7.79. The van der Waals surface area contributed by atoms with E-state index in [-0.39, 0.29) is 5.76 Å². The Hall–Kier alpha value is -1.42. The molecule has 0 amide bonds. The molecule has 3 nitrogen and oxygen atoms in total. The van der Waals surface area contributed by atoms with Crippen molar-refractivity contribution in [1.29, 1.82) is 0 Å². The molecule has 14 heavy (non-hydrogen) atoms. The van der Waals surface area contributed by atoms with E-state index < -0.39 is 5.97 Å². The molecule has 72 valence electrons. The predicted octanol–water partition coefficient (Wildman–Crippen LogP) is 2.56. The number of thiol groups is 1. The molecule has 2 aromatic rings. The number of carboxylic acid groups (broad SMARTS) is 1. The average molecular weight is 208 g/mol. The van der Waals surface area contributed by atoms with E-state index in [0.29, 0.717) is 11.3 Å². The van der Waals surface area contributed by atoms with Crippen molar-refractivity contribution in [3.8, 4) is 0 Å². The van der Waals surface area contributed by atoms with Crippen molar-refractivity contribution in [2.45, 2.75) is 5.75 Å². The van der Waals surface area contributed by atoms with Crippen molar-refractivity contribution in [2.75, 3.05) is 0 Å². The van der Waals surface area contributed by atoms with E-state index in [4.69, 9.17) is 9.52 Å². The standard InChI is InChI=1S/C10H8O3S/c11-10(12)9-4-7-3-6(5-14)1-2-8(7)13-9/h1-4,14H,5H2,(H,11,12). The van der Waals surface area contributed by atoms with Crippen molar-refractivity contribution < 1.29 is 14.3 Å². The molecule has 0 aliphatic carbocycles. The van der Waals surface area contributed by atoms with Gasteiger partial charge in [0.1, 0.15) is 5.58 Å². The van der Waals surface area contributed by atoms with Crippen LogP contribution in [-0.4, -0.2) is 11.1 Å². The van der Waals surface area contributed by atoms with Gasteiger partial charge in [0, 0.05) is 11.1 Å². The molecule has 0 aliphatic rings. The van der Waals surface area contributed by atoms with E-state index in [1.807, 2.05) is 12.1 Å². The van der Waals surface area contributed by atoms with Crippen LogP contribution >= 0.6 is 12.6 Å². The Morgan fingerprint density at radius 2 is 2.21 bits per heavy atom. The molecule has 0 aliphatic heterocycles. The van der Waals surface area contributed by atoms with Crippen LogP contribution in [0.25, 0.3) is 11.0 Å². The number of rotatable bonds is 2. The predicted molar refractivity (Wildman–Crippen MR) is 55.9 cm³/mol. The molecule has 0 atom stereocenters. The Morgan fingerprint density at radius 1 is 1.43 bits per heavy atom. The molecule has 0 spiro atoms. The zero-order valence-electron chi connectivity index (χ0n) is 7.23. The molecule has 0 bridgehead atoms. The minimum absolute atomic E-state index is 0.0312. The molecule has 0 saturated heterocycles. The zero-order chi connectivity index (χ0) is 10.1. The topological polar surface area (TPSA) is 50.4 Å². The first-order chi connectivity index (χ1) is 6.70. The molecule has 0 saturated carbocycles. The first-order valence-electron chi connectivity index (χ1n) is 4.07. The lowest BCUT2D eigenvalue weighted by molar-refractivity contribution is 0.0665. The van der Waals surface area contributed by atoms with Crippen LogP contribution in [0.5, 0.6) is 0 Å². The number of hydrogen-bond donors (Lipinski definition) is 2. The van der Waals surface area contributed by atoms with Gasteiger partial charge in [-0.3, -0.25) is 0 Å². The molecule has 1 aromatic heterocycles. The van der Waals surface area contributed by atoms with Gasteiger partial charge in [0.25, 0.3) is 0 Å². The minimum Gasteiger partial charge on any atom is -0.475 e. The quantitative estimate of drug-likeness (QED) is 0.746. The van der Waals surface area contributed by atoms with Crippen LogP contribution in [0.15, 0.2) is 28.7 Å². The fourth-order valence-corrected chi connectivity index (χ4v) is 1.49. The summed E-state index contributed by atoms with van der Waals surface area (Å²) in [5.41, 5.74) is 1.63. The van der Waals surface area contributed by atoms with E-state index in [2.05, 4.69) is 12.6 Å². The molecular weight excluding hydrogens is 200 g/mol. The smallest absolute Gasteiger partial charge is 0.371 e.